The lowest BCUT2D eigenvalue weighted by Gasteiger charge is -2.10. The molecule has 0 spiro atoms. The number of halogens is 2. The van der Waals surface area contributed by atoms with Crippen LogP contribution in [0.1, 0.15) is 11.8 Å². The Morgan fingerprint density at radius 2 is 2.10 bits per heavy atom. The highest BCUT2D eigenvalue weighted by molar-refractivity contribution is 9.10. The number of benzene rings is 1. The molecule has 114 valence electrons. The maximum atomic E-state index is 12.5. The molecule has 0 amide bonds. The van der Waals surface area contributed by atoms with Crippen LogP contribution in [-0.4, -0.2) is 15.0 Å². The van der Waals surface area contributed by atoms with Gasteiger partial charge in [-0.3, -0.25) is 4.72 Å². The van der Waals surface area contributed by atoms with Gasteiger partial charge in [0, 0.05) is 15.9 Å². The lowest BCUT2D eigenvalue weighted by atomic mass is 10.3. The minimum absolute atomic E-state index is 0.299. The molecule has 0 fully saturated rings. The number of rotatable bonds is 6. The summed E-state index contributed by atoms with van der Waals surface area (Å²) in [6.07, 6.45) is 0. The van der Waals surface area contributed by atoms with Crippen LogP contribution in [0.25, 0.3) is 0 Å². The number of hydrogen-bond donors (Lipinski definition) is 2. The fourth-order valence-electron chi connectivity index (χ4n) is 1.71. The van der Waals surface area contributed by atoms with Crippen LogP contribution in [0.4, 0.5) is 5.69 Å². The van der Waals surface area contributed by atoms with Gasteiger partial charge in [0.2, 0.25) is 0 Å². The van der Waals surface area contributed by atoms with Crippen molar-refractivity contribution in [2.24, 2.45) is 0 Å². The molecule has 0 aliphatic rings. The maximum absolute atomic E-state index is 12.5. The first-order valence-corrected chi connectivity index (χ1v) is 9.72. The summed E-state index contributed by atoms with van der Waals surface area (Å²) in [7, 11) is -3.61. The third kappa shape index (κ3) is 4.20. The van der Waals surface area contributed by atoms with E-state index in [0.717, 1.165) is 15.9 Å². The van der Waals surface area contributed by atoms with Gasteiger partial charge in [0.1, 0.15) is 4.90 Å². The van der Waals surface area contributed by atoms with E-state index in [1.165, 1.54) is 11.3 Å². The molecule has 21 heavy (non-hydrogen) atoms. The Labute approximate surface area is 141 Å². The Hall–Kier alpha value is -0.600. The summed E-state index contributed by atoms with van der Waals surface area (Å²) in [5.41, 5.74) is 0.434. The highest BCUT2D eigenvalue weighted by Crippen LogP contribution is 2.28. The smallest absolute Gasteiger partial charge is 0.263 e. The molecule has 1 aromatic heterocycles. The van der Waals surface area contributed by atoms with Crippen LogP contribution in [0.5, 0.6) is 0 Å². The Morgan fingerprint density at radius 1 is 1.33 bits per heavy atom. The van der Waals surface area contributed by atoms with Crippen molar-refractivity contribution in [3.05, 3.63) is 44.0 Å². The molecule has 2 aromatic rings. The van der Waals surface area contributed by atoms with Crippen molar-refractivity contribution < 1.29 is 8.42 Å². The van der Waals surface area contributed by atoms with E-state index in [9.17, 15) is 8.42 Å². The zero-order valence-corrected chi connectivity index (χ0v) is 15.2. The average Bonchev–Trinajstić information content (AvgIpc) is 2.89. The van der Waals surface area contributed by atoms with Gasteiger partial charge in [0.15, 0.2) is 0 Å². The second kappa shape index (κ2) is 7.11. The fraction of sp³-hybridized carbons (Fsp3) is 0.231. The van der Waals surface area contributed by atoms with Gasteiger partial charge in [-0.05, 0) is 52.1 Å². The Morgan fingerprint density at radius 3 is 2.76 bits per heavy atom. The van der Waals surface area contributed by atoms with Crippen LogP contribution in [0.15, 0.2) is 39.0 Å². The van der Waals surface area contributed by atoms with Crippen LogP contribution in [-0.2, 0) is 16.6 Å². The molecule has 0 saturated heterocycles. The molecule has 0 aliphatic heterocycles. The van der Waals surface area contributed by atoms with Crippen LogP contribution in [0.3, 0.4) is 0 Å². The van der Waals surface area contributed by atoms with Gasteiger partial charge in [0.05, 0.1) is 10.7 Å². The van der Waals surface area contributed by atoms with Crippen molar-refractivity contribution in [1.82, 2.24) is 5.32 Å². The van der Waals surface area contributed by atoms with Gasteiger partial charge in [0.25, 0.3) is 10.0 Å². The Balaban J connectivity index is 2.26. The molecule has 4 nitrogen and oxygen atoms in total. The first-order chi connectivity index (χ1) is 9.94. The van der Waals surface area contributed by atoms with Gasteiger partial charge < -0.3 is 5.32 Å². The molecule has 1 aromatic carbocycles. The van der Waals surface area contributed by atoms with E-state index >= 15 is 0 Å². The molecular formula is C13H14BrClN2O2S2. The molecule has 0 bridgehead atoms. The summed E-state index contributed by atoms with van der Waals surface area (Å²) in [5.74, 6) is 0. The molecule has 0 atom stereocenters. The molecule has 2 N–H and O–H groups in total. The topological polar surface area (TPSA) is 58.2 Å². The molecule has 0 saturated carbocycles. The number of sulfonamides is 1. The normalized spacial score (nSPS) is 11.6. The zero-order valence-electron chi connectivity index (χ0n) is 11.2. The molecule has 0 aliphatic carbocycles. The summed E-state index contributed by atoms with van der Waals surface area (Å²) in [5, 5.41) is 5.36. The zero-order chi connectivity index (χ0) is 15.5. The van der Waals surface area contributed by atoms with E-state index in [4.69, 9.17) is 11.6 Å². The van der Waals surface area contributed by atoms with Gasteiger partial charge in [-0.15, -0.1) is 11.3 Å². The first-order valence-electron chi connectivity index (χ1n) is 6.19. The highest BCUT2D eigenvalue weighted by atomic mass is 79.9. The summed E-state index contributed by atoms with van der Waals surface area (Å²) < 4.78 is 28.2. The van der Waals surface area contributed by atoms with Crippen molar-refractivity contribution >= 4 is 54.6 Å². The van der Waals surface area contributed by atoms with Gasteiger partial charge in [-0.25, -0.2) is 8.42 Å². The molecular weight excluding hydrogens is 396 g/mol. The lowest BCUT2D eigenvalue weighted by Crippen LogP contribution is -2.17. The van der Waals surface area contributed by atoms with Crippen molar-refractivity contribution in [2.45, 2.75) is 18.4 Å². The average molecular weight is 410 g/mol. The van der Waals surface area contributed by atoms with Gasteiger partial charge in [-0.1, -0.05) is 18.5 Å². The summed E-state index contributed by atoms with van der Waals surface area (Å²) in [6, 6.07) is 6.54. The lowest BCUT2D eigenvalue weighted by molar-refractivity contribution is 0.599. The molecule has 2 rings (SSSR count). The van der Waals surface area contributed by atoms with Crippen LogP contribution >= 0.6 is 38.9 Å². The number of anilines is 1. The largest absolute Gasteiger partial charge is 0.312 e. The van der Waals surface area contributed by atoms with E-state index in [-0.39, 0.29) is 0 Å². The van der Waals surface area contributed by atoms with E-state index in [1.807, 2.05) is 6.92 Å². The summed E-state index contributed by atoms with van der Waals surface area (Å²) in [4.78, 5) is 1.08. The number of hydrogen-bond acceptors (Lipinski definition) is 4. The number of thiophene rings is 1. The fourth-order valence-corrected chi connectivity index (χ4v) is 4.60. The van der Waals surface area contributed by atoms with Crippen LogP contribution in [0.2, 0.25) is 5.02 Å². The van der Waals surface area contributed by atoms with Crippen molar-refractivity contribution in [2.75, 3.05) is 11.3 Å². The van der Waals surface area contributed by atoms with E-state index < -0.39 is 10.0 Å². The minimum Gasteiger partial charge on any atom is -0.312 e. The predicted octanol–water partition coefficient (Wildman–Crippen LogP) is 4.07. The Kier molecular flexibility index (Phi) is 5.67. The third-order valence-corrected chi connectivity index (χ3v) is 6.45. The SMILES string of the molecule is CCNCc1sccc1S(=O)(=O)Nc1ccc(Br)c(Cl)c1. The van der Waals surface area contributed by atoms with Crippen molar-refractivity contribution in [3.63, 3.8) is 0 Å². The van der Waals surface area contributed by atoms with Crippen LogP contribution in [0, 0.1) is 0 Å². The molecule has 0 unspecified atom stereocenters. The minimum atomic E-state index is -3.61. The molecule has 0 radical (unpaired) electrons. The molecule has 8 heteroatoms. The predicted molar refractivity (Wildman–Crippen MR) is 91.7 cm³/mol. The van der Waals surface area contributed by atoms with Crippen LogP contribution < -0.4 is 10.0 Å². The monoisotopic (exact) mass is 408 g/mol. The summed E-state index contributed by atoms with van der Waals surface area (Å²) >= 11 is 10.7. The summed E-state index contributed by atoms with van der Waals surface area (Å²) in [6.45, 7) is 3.29. The van der Waals surface area contributed by atoms with Crippen molar-refractivity contribution in [3.8, 4) is 0 Å². The second-order valence-corrected chi connectivity index (χ2v) is 8.14. The van der Waals surface area contributed by atoms with E-state index in [1.54, 1.807) is 29.6 Å². The maximum Gasteiger partial charge on any atom is 0.263 e. The van der Waals surface area contributed by atoms with E-state index in [0.29, 0.717) is 22.2 Å². The van der Waals surface area contributed by atoms with Gasteiger partial charge in [-0.2, -0.15) is 0 Å². The van der Waals surface area contributed by atoms with Gasteiger partial charge >= 0.3 is 0 Å². The highest BCUT2D eigenvalue weighted by Gasteiger charge is 2.19. The molecule has 1 heterocycles. The van der Waals surface area contributed by atoms with E-state index in [2.05, 4.69) is 26.0 Å². The second-order valence-electron chi connectivity index (χ2n) is 4.22. The quantitative estimate of drug-likeness (QED) is 0.756. The number of nitrogens with one attached hydrogen (secondary N) is 2. The van der Waals surface area contributed by atoms with Crippen molar-refractivity contribution in [1.29, 1.82) is 0 Å². The standard InChI is InChI=1S/C13H14BrClN2O2S2/c1-2-16-8-12-13(5-6-20-12)21(18,19)17-9-3-4-10(14)11(15)7-9/h3-7,16-17H,2,8H2,1H3. The Bertz CT molecular complexity index is 732. The third-order valence-electron chi connectivity index (χ3n) is 2.70. The first kappa shape index (κ1) is 16.8.